The van der Waals surface area contributed by atoms with Gasteiger partial charge in [-0.1, -0.05) is 6.92 Å². The number of hydrogen-bond donors (Lipinski definition) is 2. The molecule has 0 saturated carbocycles. The highest BCUT2D eigenvalue weighted by atomic mass is 32.1. The summed E-state index contributed by atoms with van der Waals surface area (Å²) in [6.45, 7) is 11.9. The van der Waals surface area contributed by atoms with E-state index in [1.807, 2.05) is 14.0 Å². The zero-order valence-corrected chi connectivity index (χ0v) is 15.1. The van der Waals surface area contributed by atoms with Gasteiger partial charge >= 0.3 is 0 Å². The summed E-state index contributed by atoms with van der Waals surface area (Å²) in [7, 11) is 1.82. The first-order chi connectivity index (χ1) is 10.6. The van der Waals surface area contributed by atoms with E-state index in [0.717, 1.165) is 29.8 Å². The first-order valence-electron chi connectivity index (χ1n) is 8.18. The van der Waals surface area contributed by atoms with Crippen molar-refractivity contribution in [2.75, 3.05) is 33.2 Å². The second-order valence-corrected chi connectivity index (χ2v) is 7.45. The van der Waals surface area contributed by atoms with Crippen molar-refractivity contribution in [1.82, 2.24) is 20.5 Å². The van der Waals surface area contributed by atoms with Crippen LogP contribution in [0.15, 0.2) is 4.99 Å². The van der Waals surface area contributed by atoms with Crippen LogP contribution in [0.25, 0.3) is 0 Å². The van der Waals surface area contributed by atoms with E-state index < -0.39 is 0 Å². The summed E-state index contributed by atoms with van der Waals surface area (Å²) < 4.78 is 0. The van der Waals surface area contributed by atoms with Gasteiger partial charge in [-0.05, 0) is 45.7 Å². The highest BCUT2D eigenvalue weighted by molar-refractivity contribution is 7.11. The van der Waals surface area contributed by atoms with Crippen LogP contribution in [0, 0.1) is 19.8 Å². The van der Waals surface area contributed by atoms with Gasteiger partial charge in [0.15, 0.2) is 5.96 Å². The van der Waals surface area contributed by atoms with Gasteiger partial charge in [-0.25, -0.2) is 4.98 Å². The third kappa shape index (κ3) is 5.25. The number of guanidine groups is 1. The van der Waals surface area contributed by atoms with Gasteiger partial charge in [-0.2, -0.15) is 0 Å². The van der Waals surface area contributed by atoms with Crippen LogP contribution >= 0.6 is 11.3 Å². The van der Waals surface area contributed by atoms with E-state index in [4.69, 9.17) is 0 Å². The number of nitrogens with one attached hydrogen (secondary N) is 2. The Labute approximate surface area is 138 Å². The van der Waals surface area contributed by atoms with E-state index in [2.05, 4.69) is 39.4 Å². The molecule has 1 unspecified atom stereocenters. The fourth-order valence-electron chi connectivity index (χ4n) is 2.86. The van der Waals surface area contributed by atoms with Crippen molar-refractivity contribution in [3.8, 4) is 0 Å². The minimum absolute atomic E-state index is 0.629. The molecule has 0 aromatic carbocycles. The summed E-state index contributed by atoms with van der Waals surface area (Å²) >= 11 is 1.75. The molecule has 1 aliphatic heterocycles. The summed E-state index contributed by atoms with van der Waals surface area (Å²) in [6.07, 6.45) is 2.72. The SMILES string of the molecule is CN=C(NCc1sc(C)nc1C)NCC(C)CN1CCCC1. The number of nitrogens with zero attached hydrogens (tertiary/aromatic N) is 3. The maximum atomic E-state index is 4.46. The first kappa shape index (κ1) is 17.2. The monoisotopic (exact) mass is 323 g/mol. The van der Waals surface area contributed by atoms with Crippen LogP contribution in [0.5, 0.6) is 0 Å². The van der Waals surface area contributed by atoms with E-state index in [9.17, 15) is 0 Å². The molecule has 124 valence electrons. The molecule has 2 rings (SSSR count). The van der Waals surface area contributed by atoms with Crippen LogP contribution in [-0.4, -0.2) is 49.1 Å². The smallest absolute Gasteiger partial charge is 0.191 e. The molecule has 2 heterocycles. The Morgan fingerprint density at radius 1 is 1.32 bits per heavy atom. The molecule has 0 aliphatic carbocycles. The van der Waals surface area contributed by atoms with Crippen molar-refractivity contribution in [2.24, 2.45) is 10.9 Å². The Hall–Kier alpha value is -1.14. The fourth-order valence-corrected chi connectivity index (χ4v) is 3.74. The number of aryl methyl sites for hydroxylation is 2. The van der Waals surface area contributed by atoms with Crippen molar-refractivity contribution in [3.05, 3.63) is 15.6 Å². The van der Waals surface area contributed by atoms with Crippen molar-refractivity contribution < 1.29 is 0 Å². The molecule has 6 heteroatoms. The molecular formula is C16H29N5S. The van der Waals surface area contributed by atoms with Crippen molar-refractivity contribution in [3.63, 3.8) is 0 Å². The topological polar surface area (TPSA) is 52.6 Å². The van der Waals surface area contributed by atoms with E-state index in [0.29, 0.717) is 5.92 Å². The second kappa shape index (κ2) is 8.48. The molecule has 22 heavy (non-hydrogen) atoms. The fraction of sp³-hybridized carbons (Fsp3) is 0.750. The van der Waals surface area contributed by atoms with Crippen molar-refractivity contribution >= 4 is 17.3 Å². The lowest BCUT2D eigenvalue weighted by Crippen LogP contribution is -2.41. The van der Waals surface area contributed by atoms with Crippen LogP contribution in [-0.2, 0) is 6.54 Å². The molecule has 1 fully saturated rings. The van der Waals surface area contributed by atoms with Crippen LogP contribution in [0.3, 0.4) is 0 Å². The predicted octanol–water partition coefficient (Wildman–Crippen LogP) is 2.16. The van der Waals surface area contributed by atoms with Crippen LogP contribution in [0.4, 0.5) is 0 Å². The molecule has 0 radical (unpaired) electrons. The number of hydrogen-bond acceptors (Lipinski definition) is 4. The Bertz CT molecular complexity index is 491. The third-order valence-electron chi connectivity index (χ3n) is 4.03. The van der Waals surface area contributed by atoms with Crippen molar-refractivity contribution in [1.29, 1.82) is 0 Å². The van der Waals surface area contributed by atoms with Crippen molar-refractivity contribution in [2.45, 2.75) is 40.2 Å². The third-order valence-corrected chi connectivity index (χ3v) is 5.10. The van der Waals surface area contributed by atoms with Gasteiger partial charge in [-0.3, -0.25) is 4.99 Å². The van der Waals surface area contributed by atoms with Gasteiger partial charge in [-0.15, -0.1) is 11.3 Å². The zero-order valence-electron chi connectivity index (χ0n) is 14.3. The standard InChI is InChI=1S/C16H29N5S/c1-12(11-21-7-5-6-8-21)9-18-16(17-4)19-10-15-13(2)20-14(3)22-15/h12H,5-11H2,1-4H3,(H2,17,18,19). The quantitative estimate of drug-likeness (QED) is 0.622. The molecule has 1 atom stereocenters. The molecule has 0 spiro atoms. The minimum atomic E-state index is 0.629. The maximum absolute atomic E-state index is 4.46. The molecular weight excluding hydrogens is 294 g/mol. The normalized spacial score (nSPS) is 17.7. The number of thiazole rings is 1. The van der Waals surface area contributed by atoms with E-state index in [-0.39, 0.29) is 0 Å². The summed E-state index contributed by atoms with van der Waals surface area (Å²) in [4.78, 5) is 12.6. The van der Waals surface area contributed by atoms with Gasteiger partial charge in [0.2, 0.25) is 0 Å². The zero-order chi connectivity index (χ0) is 15.9. The Morgan fingerprint density at radius 2 is 2.05 bits per heavy atom. The average molecular weight is 324 g/mol. The van der Waals surface area contributed by atoms with Gasteiger partial charge in [0.05, 0.1) is 17.2 Å². The van der Waals surface area contributed by atoms with Gasteiger partial charge in [0.1, 0.15) is 0 Å². The van der Waals surface area contributed by atoms with Crippen LogP contribution < -0.4 is 10.6 Å². The largest absolute Gasteiger partial charge is 0.356 e. The van der Waals surface area contributed by atoms with Gasteiger partial charge in [0.25, 0.3) is 0 Å². The number of likely N-dealkylation sites (tertiary alicyclic amines) is 1. The number of aromatic nitrogens is 1. The lowest BCUT2D eigenvalue weighted by molar-refractivity contribution is 0.287. The summed E-state index contributed by atoms with van der Waals surface area (Å²) in [6, 6.07) is 0. The second-order valence-electron chi connectivity index (χ2n) is 6.16. The summed E-state index contributed by atoms with van der Waals surface area (Å²) in [5.41, 5.74) is 1.12. The minimum Gasteiger partial charge on any atom is -0.356 e. The number of aliphatic imine (C=N–C) groups is 1. The Morgan fingerprint density at radius 3 is 2.64 bits per heavy atom. The highest BCUT2D eigenvalue weighted by Crippen LogP contribution is 2.16. The summed E-state index contributed by atoms with van der Waals surface area (Å²) in [5.74, 6) is 1.50. The molecule has 1 aromatic heterocycles. The summed E-state index contributed by atoms with van der Waals surface area (Å²) in [5, 5.41) is 7.94. The molecule has 1 saturated heterocycles. The van der Waals surface area contributed by atoms with Crippen LogP contribution in [0.2, 0.25) is 0 Å². The maximum Gasteiger partial charge on any atom is 0.191 e. The molecule has 0 amide bonds. The molecule has 1 aliphatic rings. The average Bonchev–Trinajstić information content (AvgIpc) is 3.09. The molecule has 0 bridgehead atoms. The molecule has 1 aromatic rings. The first-order valence-corrected chi connectivity index (χ1v) is 9.00. The lowest BCUT2D eigenvalue weighted by Gasteiger charge is -2.21. The predicted molar refractivity (Wildman–Crippen MR) is 94.6 cm³/mol. The Kier molecular flexibility index (Phi) is 6.64. The molecule has 2 N–H and O–H groups in total. The van der Waals surface area contributed by atoms with E-state index in [1.54, 1.807) is 11.3 Å². The number of rotatable bonds is 6. The van der Waals surface area contributed by atoms with Gasteiger partial charge in [0, 0.05) is 25.0 Å². The highest BCUT2D eigenvalue weighted by Gasteiger charge is 2.14. The van der Waals surface area contributed by atoms with E-state index in [1.165, 1.54) is 37.4 Å². The lowest BCUT2D eigenvalue weighted by atomic mass is 10.1. The van der Waals surface area contributed by atoms with Gasteiger partial charge < -0.3 is 15.5 Å². The molecule has 5 nitrogen and oxygen atoms in total. The van der Waals surface area contributed by atoms with E-state index >= 15 is 0 Å². The Balaban J connectivity index is 1.71. The van der Waals surface area contributed by atoms with Crippen LogP contribution in [0.1, 0.15) is 35.3 Å².